The number of aliphatic hydroxyl groups excluding tert-OH is 1. The molecule has 1 aromatic rings. The van der Waals surface area contributed by atoms with Crippen LogP contribution >= 0.6 is 27.5 Å². The van der Waals surface area contributed by atoms with E-state index in [1.54, 1.807) is 18.2 Å². The van der Waals surface area contributed by atoms with Crippen LogP contribution in [0.3, 0.4) is 0 Å². The number of rotatable bonds is 3. The van der Waals surface area contributed by atoms with Gasteiger partial charge in [-0.1, -0.05) is 30.5 Å². The van der Waals surface area contributed by atoms with E-state index < -0.39 is 0 Å². The third kappa shape index (κ3) is 3.50. The number of carbonyl (C=O) groups is 1. The van der Waals surface area contributed by atoms with Crippen LogP contribution in [0.25, 0.3) is 0 Å². The zero-order valence-electron chi connectivity index (χ0n) is 10.5. The third-order valence-corrected chi connectivity index (χ3v) is 4.95. The van der Waals surface area contributed by atoms with Gasteiger partial charge in [0.15, 0.2) is 0 Å². The minimum absolute atomic E-state index is 0.0429. The molecular weight excluding hydrogens is 330 g/mol. The Morgan fingerprint density at radius 2 is 2.16 bits per heavy atom. The second kappa shape index (κ2) is 6.73. The van der Waals surface area contributed by atoms with Gasteiger partial charge in [-0.15, -0.1) is 0 Å². The van der Waals surface area contributed by atoms with Crippen LogP contribution in [0.4, 0.5) is 0 Å². The molecule has 1 amide bonds. The fraction of sp³-hybridized carbons (Fsp3) is 0.500. The molecule has 1 fully saturated rings. The summed E-state index contributed by atoms with van der Waals surface area (Å²) >= 11 is 9.43. The van der Waals surface area contributed by atoms with E-state index >= 15 is 0 Å². The van der Waals surface area contributed by atoms with Crippen molar-refractivity contribution in [2.45, 2.75) is 31.7 Å². The molecule has 0 heterocycles. The van der Waals surface area contributed by atoms with Crippen molar-refractivity contribution in [1.82, 2.24) is 5.32 Å². The van der Waals surface area contributed by atoms with Crippen molar-refractivity contribution in [3.8, 4) is 0 Å². The number of hydrogen-bond acceptors (Lipinski definition) is 2. The van der Waals surface area contributed by atoms with Crippen LogP contribution in [-0.4, -0.2) is 23.7 Å². The minimum Gasteiger partial charge on any atom is -0.396 e. The van der Waals surface area contributed by atoms with Crippen LogP contribution in [-0.2, 0) is 0 Å². The average Bonchev–Trinajstić information content (AvgIpc) is 2.42. The summed E-state index contributed by atoms with van der Waals surface area (Å²) in [5.41, 5.74) is 0.471. The van der Waals surface area contributed by atoms with Gasteiger partial charge in [-0.2, -0.15) is 0 Å². The molecule has 5 heteroatoms. The fourth-order valence-electron chi connectivity index (χ4n) is 2.54. The first-order chi connectivity index (χ1) is 9.13. The van der Waals surface area contributed by atoms with Crippen LogP contribution in [0.1, 0.15) is 36.0 Å². The molecule has 1 aliphatic rings. The third-order valence-electron chi connectivity index (χ3n) is 3.66. The number of nitrogens with one attached hydrogen (secondary N) is 1. The number of carbonyl (C=O) groups excluding carboxylic acids is 1. The van der Waals surface area contributed by atoms with Gasteiger partial charge in [-0.3, -0.25) is 4.79 Å². The Morgan fingerprint density at radius 3 is 2.89 bits per heavy atom. The molecule has 2 atom stereocenters. The van der Waals surface area contributed by atoms with E-state index in [1.807, 2.05) is 0 Å². The first-order valence-electron chi connectivity index (χ1n) is 6.49. The highest BCUT2D eigenvalue weighted by molar-refractivity contribution is 9.10. The Morgan fingerprint density at radius 1 is 1.42 bits per heavy atom. The average molecular weight is 347 g/mol. The number of hydrogen-bond donors (Lipinski definition) is 2. The van der Waals surface area contributed by atoms with Crippen molar-refractivity contribution >= 4 is 33.4 Å². The van der Waals surface area contributed by atoms with Crippen molar-refractivity contribution in [2.24, 2.45) is 5.92 Å². The van der Waals surface area contributed by atoms with Crippen LogP contribution in [0.15, 0.2) is 22.7 Å². The number of amides is 1. The molecule has 0 spiro atoms. The topological polar surface area (TPSA) is 49.3 Å². The molecule has 2 N–H and O–H groups in total. The molecule has 3 nitrogen and oxygen atoms in total. The Balaban J connectivity index is 2.09. The zero-order valence-corrected chi connectivity index (χ0v) is 12.9. The summed E-state index contributed by atoms with van der Waals surface area (Å²) in [4.78, 5) is 12.2. The summed E-state index contributed by atoms with van der Waals surface area (Å²) in [7, 11) is 0. The van der Waals surface area contributed by atoms with Gasteiger partial charge >= 0.3 is 0 Å². The van der Waals surface area contributed by atoms with Gasteiger partial charge in [0.2, 0.25) is 0 Å². The molecule has 0 radical (unpaired) electrons. The second-order valence-electron chi connectivity index (χ2n) is 4.91. The van der Waals surface area contributed by atoms with Gasteiger partial charge in [-0.25, -0.2) is 0 Å². The van der Waals surface area contributed by atoms with Crippen LogP contribution < -0.4 is 5.32 Å². The second-order valence-corrected chi connectivity index (χ2v) is 6.14. The van der Waals surface area contributed by atoms with Gasteiger partial charge < -0.3 is 10.4 Å². The molecular formula is C14H17BrClNO2. The quantitative estimate of drug-likeness (QED) is 0.881. The number of benzene rings is 1. The molecule has 1 aromatic carbocycles. The standard InChI is InChI=1S/C14H17BrClNO2/c15-11-6-3-5-10(13(11)16)14(19)17-12-7-2-1-4-9(12)8-18/h3,5-6,9,12,18H,1-2,4,7-8H2,(H,17,19). The van der Waals surface area contributed by atoms with Gasteiger partial charge in [0, 0.05) is 23.0 Å². The van der Waals surface area contributed by atoms with Crippen molar-refractivity contribution in [3.05, 3.63) is 33.3 Å². The van der Waals surface area contributed by atoms with Crippen molar-refractivity contribution in [2.75, 3.05) is 6.61 Å². The molecule has 2 unspecified atom stereocenters. The number of halogens is 2. The summed E-state index contributed by atoms with van der Waals surface area (Å²) in [5.74, 6) is -0.0136. The fourth-order valence-corrected chi connectivity index (χ4v) is 3.12. The van der Waals surface area contributed by atoms with E-state index in [1.165, 1.54) is 0 Å². The highest BCUT2D eigenvalue weighted by Crippen LogP contribution is 2.28. The van der Waals surface area contributed by atoms with E-state index in [-0.39, 0.29) is 24.5 Å². The van der Waals surface area contributed by atoms with E-state index in [2.05, 4.69) is 21.2 Å². The maximum Gasteiger partial charge on any atom is 0.253 e. The predicted molar refractivity (Wildman–Crippen MR) is 79.5 cm³/mol. The molecule has 0 bridgehead atoms. The summed E-state index contributed by atoms with van der Waals surface area (Å²) < 4.78 is 0.712. The normalized spacial score (nSPS) is 23.1. The van der Waals surface area contributed by atoms with E-state index in [4.69, 9.17) is 11.6 Å². The lowest BCUT2D eigenvalue weighted by atomic mass is 9.85. The highest BCUT2D eigenvalue weighted by atomic mass is 79.9. The van der Waals surface area contributed by atoms with Gasteiger partial charge in [-0.05, 0) is 40.9 Å². The highest BCUT2D eigenvalue weighted by Gasteiger charge is 2.26. The maximum atomic E-state index is 12.2. The Labute approximate surface area is 126 Å². The number of aliphatic hydroxyl groups is 1. The van der Waals surface area contributed by atoms with Crippen LogP contribution in [0.2, 0.25) is 5.02 Å². The van der Waals surface area contributed by atoms with Crippen molar-refractivity contribution in [1.29, 1.82) is 0 Å². The smallest absolute Gasteiger partial charge is 0.253 e. The predicted octanol–water partition coefficient (Wildman–Crippen LogP) is 3.38. The SMILES string of the molecule is O=C(NC1CCCCC1CO)c1cccc(Br)c1Cl. The van der Waals surface area contributed by atoms with E-state index in [0.29, 0.717) is 15.1 Å². The Bertz CT molecular complexity index is 467. The van der Waals surface area contributed by atoms with Crippen LogP contribution in [0.5, 0.6) is 0 Å². The van der Waals surface area contributed by atoms with Gasteiger partial charge in [0.1, 0.15) is 0 Å². The molecule has 2 rings (SSSR count). The Hall–Kier alpha value is -0.580. The molecule has 0 aromatic heterocycles. The molecule has 19 heavy (non-hydrogen) atoms. The summed E-state index contributed by atoms with van der Waals surface area (Å²) in [6, 6.07) is 5.34. The molecule has 104 valence electrons. The molecule has 0 aliphatic heterocycles. The summed E-state index contributed by atoms with van der Waals surface area (Å²) in [6.45, 7) is 0.122. The lowest BCUT2D eigenvalue weighted by molar-refractivity contribution is 0.0872. The zero-order chi connectivity index (χ0) is 13.8. The van der Waals surface area contributed by atoms with E-state index in [9.17, 15) is 9.90 Å². The molecule has 0 saturated heterocycles. The molecule has 1 aliphatic carbocycles. The lowest BCUT2D eigenvalue weighted by Crippen LogP contribution is -2.43. The first-order valence-corrected chi connectivity index (χ1v) is 7.66. The van der Waals surface area contributed by atoms with E-state index in [0.717, 1.165) is 25.7 Å². The lowest BCUT2D eigenvalue weighted by Gasteiger charge is -2.31. The summed E-state index contributed by atoms with van der Waals surface area (Å²) in [5, 5.41) is 12.8. The van der Waals surface area contributed by atoms with Crippen molar-refractivity contribution < 1.29 is 9.90 Å². The van der Waals surface area contributed by atoms with Crippen LogP contribution in [0, 0.1) is 5.92 Å². The van der Waals surface area contributed by atoms with Gasteiger partial charge in [0.05, 0.1) is 10.6 Å². The van der Waals surface area contributed by atoms with Crippen molar-refractivity contribution in [3.63, 3.8) is 0 Å². The largest absolute Gasteiger partial charge is 0.396 e. The first kappa shape index (κ1) is 14.8. The maximum absolute atomic E-state index is 12.2. The monoisotopic (exact) mass is 345 g/mol. The molecule has 1 saturated carbocycles. The van der Waals surface area contributed by atoms with Gasteiger partial charge in [0.25, 0.3) is 5.91 Å². The minimum atomic E-state index is -0.170. The Kier molecular flexibility index (Phi) is 5.25. The summed E-state index contributed by atoms with van der Waals surface area (Å²) in [6.07, 6.45) is 4.10.